The smallest absolute Gasteiger partial charge is 0.215 e. The molecule has 0 unspecified atom stereocenters. The molecule has 1 aromatic heterocycles. The summed E-state index contributed by atoms with van der Waals surface area (Å²) in [6.45, 7) is 3.27. The zero-order valence-corrected chi connectivity index (χ0v) is 8.66. The van der Waals surface area contributed by atoms with Crippen molar-refractivity contribution in [1.29, 1.82) is 0 Å². The topological polar surface area (TPSA) is 37.4 Å². The van der Waals surface area contributed by atoms with Gasteiger partial charge in [0, 0.05) is 32.2 Å². The van der Waals surface area contributed by atoms with Crippen molar-refractivity contribution in [3.8, 4) is 5.88 Å². The van der Waals surface area contributed by atoms with Crippen molar-refractivity contribution in [2.24, 2.45) is 0 Å². The molecule has 1 aromatic rings. The molecule has 4 nitrogen and oxygen atoms in total. The van der Waals surface area contributed by atoms with Gasteiger partial charge >= 0.3 is 0 Å². The predicted octanol–water partition coefficient (Wildman–Crippen LogP) is 0.639. The molecule has 5 heteroatoms. The Labute approximate surface area is 88.1 Å². The zero-order chi connectivity index (χ0) is 10.7. The second kappa shape index (κ2) is 4.44. The van der Waals surface area contributed by atoms with E-state index in [1.165, 1.54) is 19.2 Å². The van der Waals surface area contributed by atoms with Gasteiger partial charge < -0.3 is 15.0 Å². The summed E-state index contributed by atoms with van der Waals surface area (Å²) in [7, 11) is 1.53. The molecule has 0 aromatic carbocycles. The minimum Gasteiger partial charge on any atom is -0.481 e. The van der Waals surface area contributed by atoms with Crippen LogP contribution in [0, 0.1) is 5.82 Å². The molecule has 0 bridgehead atoms. The Bertz CT molecular complexity index is 339. The Morgan fingerprint density at radius 1 is 1.40 bits per heavy atom. The van der Waals surface area contributed by atoms with Crippen molar-refractivity contribution in [3.05, 3.63) is 17.9 Å². The average molecular weight is 211 g/mol. The fourth-order valence-electron chi connectivity index (χ4n) is 1.63. The third kappa shape index (κ3) is 2.18. The van der Waals surface area contributed by atoms with Crippen LogP contribution in [-0.4, -0.2) is 38.3 Å². The molecule has 82 valence electrons. The Balaban J connectivity index is 2.24. The van der Waals surface area contributed by atoms with Crippen LogP contribution >= 0.6 is 0 Å². The molecule has 0 spiro atoms. The molecule has 15 heavy (non-hydrogen) atoms. The van der Waals surface area contributed by atoms with Crippen LogP contribution in [0.1, 0.15) is 0 Å². The SMILES string of the molecule is COc1ccc(F)c(N2CCNCC2)n1. The second-order valence-electron chi connectivity index (χ2n) is 3.40. The van der Waals surface area contributed by atoms with Crippen LogP contribution in [0.5, 0.6) is 5.88 Å². The van der Waals surface area contributed by atoms with Gasteiger partial charge in [-0.2, -0.15) is 4.98 Å². The molecule has 1 aliphatic heterocycles. The van der Waals surface area contributed by atoms with Crippen LogP contribution in [0.25, 0.3) is 0 Å². The van der Waals surface area contributed by atoms with E-state index in [-0.39, 0.29) is 5.82 Å². The molecule has 0 radical (unpaired) electrons. The third-order valence-corrected chi connectivity index (χ3v) is 2.43. The maximum Gasteiger partial charge on any atom is 0.215 e. The maximum atomic E-state index is 13.5. The number of methoxy groups -OCH3 is 1. The van der Waals surface area contributed by atoms with Gasteiger partial charge in [-0.25, -0.2) is 4.39 Å². The van der Waals surface area contributed by atoms with Crippen LogP contribution in [0.4, 0.5) is 10.2 Å². The quantitative estimate of drug-likeness (QED) is 0.779. The first-order valence-corrected chi connectivity index (χ1v) is 4.97. The molecule has 1 aliphatic rings. The highest BCUT2D eigenvalue weighted by Crippen LogP contribution is 2.20. The lowest BCUT2D eigenvalue weighted by molar-refractivity contribution is 0.395. The lowest BCUT2D eigenvalue weighted by atomic mass is 10.3. The molecule has 0 aliphatic carbocycles. The van der Waals surface area contributed by atoms with E-state index in [1.54, 1.807) is 0 Å². The van der Waals surface area contributed by atoms with Gasteiger partial charge in [0.25, 0.3) is 0 Å². The Morgan fingerprint density at radius 3 is 2.80 bits per heavy atom. The number of ether oxygens (including phenoxy) is 1. The molecular formula is C10H14FN3O. The Hall–Kier alpha value is -1.36. The summed E-state index contributed by atoms with van der Waals surface area (Å²) in [4.78, 5) is 6.04. The van der Waals surface area contributed by atoms with E-state index >= 15 is 0 Å². The highest BCUT2D eigenvalue weighted by atomic mass is 19.1. The first-order valence-electron chi connectivity index (χ1n) is 4.97. The number of anilines is 1. The first-order chi connectivity index (χ1) is 7.31. The number of aromatic nitrogens is 1. The van der Waals surface area contributed by atoms with Crippen molar-refractivity contribution in [1.82, 2.24) is 10.3 Å². The molecule has 0 amide bonds. The van der Waals surface area contributed by atoms with Gasteiger partial charge in [0.15, 0.2) is 11.6 Å². The number of hydrogen-bond acceptors (Lipinski definition) is 4. The summed E-state index contributed by atoms with van der Waals surface area (Å²) in [6, 6.07) is 2.92. The number of hydrogen-bond donors (Lipinski definition) is 1. The highest BCUT2D eigenvalue weighted by Gasteiger charge is 2.16. The van der Waals surface area contributed by atoms with Gasteiger partial charge in [0.05, 0.1) is 7.11 Å². The van der Waals surface area contributed by atoms with Crippen molar-refractivity contribution < 1.29 is 9.13 Å². The van der Waals surface area contributed by atoms with Crippen molar-refractivity contribution in [2.75, 3.05) is 38.2 Å². The minimum absolute atomic E-state index is 0.294. The summed E-state index contributed by atoms with van der Waals surface area (Å²) < 4.78 is 18.5. The predicted molar refractivity (Wildman–Crippen MR) is 55.8 cm³/mol. The van der Waals surface area contributed by atoms with Crippen molar-refractivity contribution in [3.63, 3.8) is 0 Å². The number of pyridine rings is 1. The summed E-state index contributed by atoms with van der Waals surface area (Å²) in [5.41, 5.74) is 0. The zero-order valence-electron chi connectivity index (χ0n) is 8.66. The van der Waals surface area contributed by atoms with Gasteiger partial charge in [-0.3, -0.25) is 0 Å². The van der Waals surface area contributed by atoms with E-state index in [0.29, 0.717) is 11.7 Å². The number of rotatable bonds is 2. The monoisotopic (exact) mass is 211 g/mol. The third-order valence-electron chi connectivity index (χ3n) is 2.43. The lowest BCUT2D eigenvalue weighted by Crippen LogP contribution is -2.44. The second-order valence-corrected chi connectivity index (χ2v) is 3.40. The molecule has 1 fully saturated rings. The number of nitrogens with one attached hydrogen (secondary N) is 1. The van der Waals surface area contributed by atoms with Crippen LogP contribution in [0.2, 0.25) is 0 Å². The van der Waals surface area contributed by atoms with Gasteiger partial charge in [0.2, 0.25) is 5.88 Å². The molecule has 0 saturated carbocycles. The number of nitrogens with zero attached hydrogens (tertiary/aromatic N) is 2. The molecule has 1 N–H and O–H groups in total. The number of halogens is 1. The van der Waals surface area contributed by atoms with E-state index < -0.39 is 0 Å². The van der Waals surface area contributed by atoms with Gasteiger partial charge in [-0.15, -0.1) is 0 Å². The minimum atomic E-state index is -0.294. The summed E-state index contributed by atoms with van der Waals surface area (Å²) in [5, 5.41) is 3.21. The summed E-state index contributed by atoms with van der Waals surface area (Å²) >= 11 is 0. The van der Waals surface area contributed by atoms with Gasteiger partial charge in [-0.05, 0) is 6.07 Å². The molecule has 1 saturated heterocycles. The molecular weight excluding hydrogens is 197 g/mol. The van der Waals surface area contributed by atoms with Crippen LogP contribution in [0.3, 0.4) is 0 Å². The normalized spacial score (nSPS) is 16.5. The number of piperazine rings is 1. The van der Waals surface area contributed by atoms with Gasteiger partial charge in [-0.1, -0.05) is 0 Å². The van der Waals surface area contributed by atoms with Crippen LogP contribution in [0.15, 0.2) is 12.1 Å². The summed E-state index contributed by atoms with van der Waals surface area (Å²) in [5.74, 6) is 0.540. The first kappa shape index (κ1) is 10.2. The van der Waals surface area contributed by atoms with Crippen molar-refractivity contribution in [2.45, 2.75) is 0 Å². The van der Waals surface area contributed by atoms with Crippen LogP contribution < -0.4 is 15.0 Å². The Morgan fingerprint density at radius 2 is 2.13 bits per heavy atom. The van der Waals surface area contributed by atoms with E-state index in [9.17, 15) is 4.39 Å². The lowest BCUT2D eigenvalue weighted by Gasteiger charge is -2.28. The molecule has 0 atom stereocenters. The molecule has 2 rings (SSSR count). The van der Waals surface area contributed by atoms with Gasteiger partial charge in [0.1, 0.15) is 0 Å². The summed E-state index contributed by atoms with van der Waals surface area (Å²) in [6.07, 6.45) is 0. The van der Waals surface area contributed by atoms with E-state index in [1.807, 2.05) is 4.90 Å². The maximum absolute atomic E-state index is 13.5. The van der Waals surface area contributed by atoms with E-state index in [0.717, 1.165) is 26.2 Å². The largest absolute Gasteiger partial charge is 0.481 e. The highest BCUT2D eigenvalue weighted by molar-refractivity contribution is 5.42. The van der Waals surface area contributed by atoms with E-state index in [4.69, 9.17) is 4.74 Å². The Kier molecular flexibility index (Phi) is 3.01. The van der Waals surface area contributed by atoms with Crippen molar-refractivity contribution >= 4 is 5.82 Å². The fourth-order valence-corrected chi connectivity index (χ4v) is 1.63. The molecule has 2 heterocycles. The average Bonchev–Trinajstić information content (AvgIpc) is 2.31. The van der Waals surface area contributed by atoms with E-state index in [2.05, 4.69) is 10.3 Å². The standard InChI is InChI=1S/C10H14FN3O/c1-15-9-3-2-8(11)10(13-9)14-6-4-12-5-7-14/h2-3,12H,4-7H2,1H3. The fraction of sp³-hybridized carbons (Fsp3) is 0.500. The van der Waals surface area contributed by atoms with Crippen LogP contribution in [-0.2, 0) is 0 Å².